The van der Waals surface area contributed by atoms with Crippen molar-refractivity contribution in [3.63, 3.8) is 0 Å². The molecule has 1 N–H and O–H groups in total. The Morgan fingerprint density at radius 3 is 2.62 bits per heavy atom. The number of methoxy groups -OCH3 is 1. The predicted octanol–water partition coefficient (Wildman–Crippen LogP) is 3.94. The number of rotatable bonds is 9. The third-order valence-corrected chi connectivity index (χ3v) is 5.71. The number of amides is 1. The van der Waals surface area contributed by atoms with Gasteiger partial charge in [-0.2, -0.15) is 0 Å². The Hall–Kier alpha value is -3.89. The molecule has 0 radical (unpaired) electrons. The van der Waals surface area contributed by atoms with Gasteiger partial charge >= 0.3 is 0 Å². The van der Waals surface area contributed by atoms with E-state index in [2.05, 4.69) is 30.4 Å². The first-order chi connectivity index (χ1) is 16.5. The standard InChI is InChI=1S/C24H24N6O3S/c1-30(2)14-21(16-7-5-4-6-8-16)33-19-10-9-17(13-20(19)32-3)22(31)27-24-29-28-23(34-24)18-11-12-25-15-26-18/h4-13,15,21H,14H2,1-3H3,(H,27,29,31). The fraction of sp³-hybridized carbons (Fsp3) is 0.208. The lowest BCUT2D eigenvalue weighted by Crippen LogP contribution is -2.24. The average molecular weight is 477 g/mol. The van der Waals surface area contributed by atoms with Crippen molar-refractivity contribution in [3.05, 3.63) is 78.2 Å². The number of ether oxygens (including phenoxy) is 2. The smallest absolute Gasteiger partial charge is 0.257 e. The van der Waals surface area contributed by atoms with Crippen molar-refractivity contribution in [2.45, 2.75) is 6.10 Å². The summed E-state index contributed by atoms with van der Waals surface area (Å²) in [6.07, 6.45) is 2.86. The minimum Gasteiger partial charge on any atom is -0.493 e. The number of benzene rings is 2. The zero-order valence-electron chi connectivity index (χ0n) is 19.0. The molecule has 0 aliphatic heterocycles. The summed E-state index contributed by atoms with van der Waals surface area (Å²) < 4.78 is 11.8. The highest BCUT2D eigenvalue weighted by Crippen LogP contribution is 2.33. The van der Waals surface area contributed by atoms with Crippen LogP contribution in [0.1, 0.15) is 22.0 Å². The molecule has 2 aromatic heterocycles. The zero-order valence-corrected chi connectivity index (χ0v) is 19.8. The molecule has 1 amide bonds. The van der Waals surface area contributed by atoms with Crippen LogP contribution in [0.3, 0.4) is 0 Å². The zero-order chi connectivity index (χ0) is 23.9. The maximum absolute atomic E-state index is 12.8. The van der Waals surface area contributed by atoms with E-state index in [-0.39, 0.29) is 12.0 Å². The van der Waals surface area contributed by atoms with E-state index in [0.717, 1.165) is 5.56 Å². The van der Waals surface area contributed by atoms with Gasteiger partial charge in [0.25, 0.3) is 5.91 Å². The largest absolute Gasteiger partial charge is 0.493 e. The highest BCUT2D eigenvalue weighted by Gasteiger charge is 2.19. The summed E-state index contributed by atoms with van der Waals surface area (Å²) in [6.45, 7) is 0.682. The molecular formula is C24H24N6O3S. The van der Waals surface area contributed by atoms with Crippen LogP contribution in [-0.2, 0) is 0 Å². The van der Waals surface area contributed by atoms with Crippen molar-refractivity contribution in [2.24, 2.45) is 0 Å². The van der Waals surface area contributed by atoms with Gasteiger partial charge in [0.2, 0.25) is 5.13 Å². The number of hydrogen-bond donors (Lipinski definition) is 1. The fourth-order valence-corrected chi connectivity index (χ4v) is 3.95. The Kier molecular flexibility index (Phi) is 7.41. The van der Waals surface area contributed by atoms with E-state index in [1.807, 2.05) is 44.4 Å². The molecule has 1 atom stereocenters. The van der Waals surface area contributed by atoms with Gasteiger partial charge in [0.1, 0.15) is 18.1 Å². The molecule has 0 saturated carbocycles. The van der Waals surface area contributed by atoms with Crippen molar-refractivity contribution in [1.82, 2.24) is 25.1 Å². The molecule has 0 aliphatic carbocycles. The van der Waals surface area contributed by atoms with Crippen LogP contribution in [0.2, 0.25) is 0 Å². The van der Waals surface area contributed by atoms with Gasteiger partial charge in [0, 0.05) is 18.3 Å². The molecule has 0 bridgehead atoms. The molecule has 2 aromatic carbocycles. The van der Waals surface area contributed by atoms with Crippen molar-refractivity contribution in [1.29, 1.82) is 0 Å². The van der Waals surface area contributed by atoms with E-state index in [0.29, 0.717) is 39.4 Å². The summed E-state index contributed by atoms with van der Waals surface area (Å²) in [5.74, 6) is 0.686. The van der Waals surface area contributed by atoms with Crippen LogP contribution < -0.4 is 14.8 Å². The molecule has 10 heteroatoms. The Morgan fingerprint density at radius 2 is 1.91 bits per heavy atom. The third kappa shape index (κ3) is 5.72. The third-order valence-electron chi connectivity index (χ3n) is 4.84. The molecule has 0 aliphatic rings. The number of aromatic nitrogens is 4. The van der Waals surface area contributed by atoms with Crippen LogP contribution in [0.4, 0.5) is 5.13 Å². The molecule has 2 heterocycles. The molecular weight excluding hydrogens is 452 g/mol. The Bertz CT molecular complexity index is 1230. The maximum Gasteiger partial charge on any atom is 0.257 e. The van der Waals surface area contributed by atoms with Crippen molar-refractivity contribution < 1.29 is 14.3 Å². The quantitative estimate of drug-likeness (QED) is 0.388. The molecule has 4 aromatic rings. The lowest BCUT2D eigenvalue weighted by molar-refractivity contribution is 0.102. The van der Waals surface area contributed by atoms with Gasteiger partial charge in [-0.3, -0.25) is 10.1 Å². The summed E-state index contributed by atoms with van der Waals surface area (Å²) >= 11 is 1.23. The topological polar surface area (TPSA) is 102 Å². The molecule has 0 saturated heterocycles. The van der Waals surface area contributed by atoms with Crippen LogP contribution in [0, 0.1) is 0 Å². The lowest BCUT2D eigenvalue weighted by atomic mass is 10.1. The molecule has 0 fully saturated rings. The van der Waals surface area contributed by atoms with Gasteiger partial charge in [-0.05, 0) is 43.9 Å². The van der Waals surface area contributed by atoms with E-state index in [1.54, 1.807) is 37.6 Å². The first-order valence-electron chi connectivity index (χ1n) is 10.5. The Morgan fingerprint density at radius 1 is 1.09 bits per heavy atom. The highest BCUT2D eigenvalue weighted by molar-refractivity contribution is 7.18. The molecule has 1 unspecified atom stereocenters. The molecule has 34 heavy (non-hydrogen) atoms. The van der Waals surface area contributed by atoms with Crippen LogP contribution in [-0.4, -0.2) is 58.7 Å². The fourth-order valence-electron chi connectivity index (χ4n) is 3.23. The number of carbonyl (C=O) groups is 1. The second-order valence-corrected chi connectivity index (χ2v) is 8.58. The van der Waals surface area contributed by atoms with E-state index in [1.165, 1.54) is 17.7 Å². The molecule has 9 nitrogen and oxygen atoms in total. The van der Waals surface area contributed by atoms with Gasteiger partial charge in [-0.25, -0.2) is 9.97 Å². The van der Waals surface area contributed by atoms with Gasteiger partial charge in [-0.1, -0.05) is 41.7 Å². The van der Waals surface area contributed by atoms with E-state index in [9.17, 15) is 4.79 Å². The van der Waals surface area contributed by atoms with Crippen molar-refractivity contribution >= 4 is 22.4 Å². The maximum atomic E-state index is 12.8. The van der Waals surface area contributed by atoms with E-state index < -0.39 is 0 Å². The van der Waals surface area contributed by atoms with Crippen LogP contribution in [0.15, 0.2) is 67.1 Å². The van der Waals surface area contributed by atoms with Crippen molar-refractivity contribution in [3.8, 4) is 22.2 Å². The first kappa shape index (κ1) is 23.3. The van der Waals surface area contributed by atoms with Gasteiger partial charge in [0.05, 0.1) is 7.11 Å². The minimum absolute atomic E-state index is 0.202. The summed E-state index contributed by atoms with van der Waals surface area (Å²) in [4.78, 5) is 22.9. The second-order valence-electron chi connectivity index (χ2n) is 7.61. The van der Waals surface area contributed by atoms with Crippen molar-refractivity contribution in [2.75, 3.05) is 33.1 Å². The predicted molar refractivity (Wildman–Crippen MR) is 130 cm³/mol. The summed E-state index contributed by atoms with van der Waals surface area (Å²) in [6, 6.07) is 16.8. The second kappa shape index (κ2) is 10.8. The normalized spacial score (nSPS) is 11.8. The molecule has 174 valence electrons. The Labute approximate surface area is 201 Å². The summed E-state index contributed by atoms with van der Waals surface area (Å²) in [7, 11) is 5.53. The van der Waals surface area contributed by atoms with Crippen LogP contribution >= 0.6 is 11.3 Å². The summed E-state index contributed by atoms with van der Waals surface area (Å²) in [5.41, 5.74) is 2.10. The van der Waals surface area contributed by atoms with E-state index in [4.69, 9.17) is 9.47 Å². The van der Waals surface area contributed by atoms with Gasteiger partial charge in [0.15, 0.2) is 16.5 Å². The number of anilines is 1. The SMILES string of the molecule is COc1cc(C(=O)Nc2nnc(-c3ccncn3)s2)ccc1OC(CN(C)C)c1ccccc1. The summed E-state index contributed by atoms with van der Waals surface area (Å²) in [5, 5.41) is 11.8. The van der Waals surface area contributed by atoms with Gasteiger partial charge < -0.3 is 14.4 Å². The Balaban J connectivity index is 1.50. The van der Waals surface area contributed by atoms with Gasteiger partial charge in [-0.15, -0.1) is 10.2 Å². The number of likely N-dealkylation sites (N-methyl/N-ethyl adjacent to an activating group) is 1. The van der Waals surface area contributed by atoms with E-state index >= 15 is 0 Å². The number of hydrogen-bond acceptors (Lipinski definition) is 9. The van der Waals surface area contributed by atoms with Crippen LogP contribution in [0.5, 0.6) is 11.5 Å². The average Bonchev–Trinajstić information content (AvgIpc) is 3.33. The first-order valence-corrected chi connectivity index (χ1v) is 11.3. The highest BCUT2D eigenvalue weighted by atomic mass is 32.1. The minimum atomic E-state index is -0.330. The molecule has 0 spiro atoms. The molecule has 4 rings (SSSR count). The number of nitrogens with one attached hydrogen (secondary N) is 1. The lowest BCUT2D eigenvalue weighted by Gasteiger charge is -2.24. The number of nitrogens with zero attached hydrogens (tertiary/aromatic N) is 5. The number of carbonyl (C=O) groups excluding carboxylic acids is 1. The van der Waals surface area contributed by atoms with Crippen LogP contribution in [0.25, 0.3) is 10.7 Å². The monoisotopic (exact) mass is 476 g/mol.